The maximum atomic E-state index is 11.1. The number of carboxylic acid groups (broad SMARTS) is 1. The average Bonchev–Trinajstić information content (AvgIpc) is 2.23. The summed E-state index contributed by atoms with van der Waals surface area (Å²) in [7, 11) is 0. The molecule has 0 spiro atoms. The van der Waals surface area contributed by atoms with Crippen LogP contribution in [0, 0.1) is 0 Å². The standard InChI is InChI=1S/C12H18N2O2S/c1-12(2,17)10(11(15)16)14-8-5-9-3-6-13-7-4-9/h3-4,6-7,10,14,17H,5,8H2,1-2H3,(H,15,16). The smallest absolute Gasteiger partial charge is 0.322 e. The molecule has 94 valence electrons. The molecule has 0 amide bonds. The van der Waals surface area contributed by atoms with Crippen LogP contribution in [0.3, 0.4) is 0 Å². The number of nitrogens with zero attached hydrogens (tertiary/aromatic N) is 1. The van der Waals surface area contributed by atoms with E-state index in [9.17, 15) is 4.79 Å². The van der Waals surface area contributed by atoms with Crippen LogP contribution in [0.1, 0.15) is 19.4 Å². The van der Waals surface area contributed by atoms with Crippen molar-refractivity contribution in [1.29, 1.82) is 0 Å². The second-order valence-corrected chi connectivity index (χ2v) is 5.64. The zero-order chi connectivity index (χ0) is 12.9. The number of hydrogen-bond acceptors (Lipinski definition) is 4. The first-order valence-corrected chi connectivity index (χ1v) is 5.93. The van der Waals surface area contributed by atoms with Gasteiger partial charge in [0.15, 0.2) is 0 Å². The first-order chi connectivity index (χ1) is 7.91. The zero-order valence-corrected chi connectivity index (χ0v) is 10.9. The van der Waals surface area contributed by atoms with Crippen molar-refractivity contribution >= 4 is 18.6 Å². The summed E-state index contributed by atoms with van der Waals surface area (Å²) in [6.45, 7) is 4.17. The highest BCUT2D eigenvalue weighted by Crippen LogP contribution is 2.17. The van der Waals surface area contributed by atoms with E-state index < -0.39 is 16.8 Å². The molecule has 1 unspecified atom stereocenters. The molecule has 0 aromatic carbocycles. The van der Waals surface area contributed by atoms with E-state index in [-0.39, 0.29) is 0 Å². The van der Waals surface area contributed by atoms with Crippen LogP contribution >= 0.6 is 12.6 Å². The third kappa shape index (κ3) is 4.75. The Morgan fingerprint density at radius 2 is 2.12 bits per heavy atom. The summed E-state index contributed by atoms with van der Waals surface area (Å²) in [5.41, 5.74) is 1.13. The lowest BCUT2D eigenvalue weighted by molar-refractivity contribution is -0.140. The predicted octanol–water partition coefficient (Wildman–Crippen LogP) is 1.38. The van der Waals surface area contributed by atoms with Gasteiger partial charge in [0, 0.05) is 23.7 Å². The van der Waals surface area contributed by atoms with Crippen molar-refractivity contribution in [2.75, 3.05) is 6.54 Å². The number of pyridine rings is 1. The van der Waals surface area contributed by atoms with Crippen LogP contribution in [0.4, 0.5) is 0 Å². The van der Waals surface area contributed by atoms with Crippen LogP contribution in [-0.4, -0.2) is 33.4 Å². The SMILES string of the molecule is CC(C)(S)C(NCCc1ccncc1)C(=O)O. The highest BCUT2D eigenvalue weighted by molar-refractivity contribution is 7.81. The van der Waals surface area contributed by atoms with Gasteiger partial charge in [0.2, 0.25) is 0 Å². The molecule has 1 rings (SSSR count). The maximum absolute atomic E-state index is 11.1. The molecule has 0 saturated heterocycles. The minimum Gasteiger partial charge on any atom is -0.480 e. The Kier molecular flexibility index (Phi) is 4.96. The first kappa shape index (κ1) is 14.0. The number of aliphatic carboxylic acids is 1. The van der Waals surface area contributed by atoms with E-state index in [0.29, 0.717) is 6.54 Å². The van der Waals surface area contributed by atoms with Gasteiger partial charge < -0.3 is 10.4 Å². The number of rotatable bonds is 6. The van der Waals surface area contributed by atoms with Crippen molar-refractivity contribution in [3.05, 3.63) is 30.1 Å². The van der Waals surface area contributed by atoms with Crippen molar-refractivity contribution in [2.24, 2.45) is 0 Å². The summed E-state index contributed by atoms with van der Waals surface area (Å²) in [5, 5.41) is 12.1. The van der Waals surface area contributed by atoms with Crippen molar-refractivity contribution < 1.29 is 9.90 Å². The molecule has 0 fully saturated rings. The summed E-state index contributed by atoms with van der Waals surface area (Å²) < 4.78 is -0.593. The highest BCUT2D eigenvalue weighted by atomic mass is 32.1. The van der Waals surface area contributed by atoms with Crippen LogP contribution in [0.2, 0.25) is 0 Å². The Labute approximate surface area is 107 Å². The number of carboxylic acids is 1. The van der Waals surface area contributed by atoms with Crippen molar-refractivity contribution in [1.82, 2.24) is 10.3 Å². The van der Waals surface area contributed by atoms with Gasteiger partial charge in [-0.05, 0) is 38.0 Å². The molecule has 1 atom stereocenters. The molecule has 1 heterocycles. The third-order valence-electron chi connectivity index (χ3n) is 2.46. The van der Waals surface area contributed by atoms with Crippen molar-refractivity contribution in [3.63, 3.8) is 0 Å². The van der Waals surface area contributed by atoms with Crippen LogP contribution in [-0.2, 0) is 11.2 Å². The second-order valence-electron chi connectivity index (χ2n) is 4.48. The van der Waals surface area contributed by atoms with E-state index in [1.807, 2.05) is 12.1 Å². The largest absolute Gasteiger partial charge is 0.480 e. The van der Waals surface area contributed by atoms with Gasteiger partial charge >= 0.3 is 5.97 Å². The maximum Gasteiger partial charge on any atom is 0.322 e. The summed E-state index contributed by atoms with van der Waals surface area (Å²) in [6, 6.07) is 3.18. The molecule has 0 aliphatic carbocycles. The van der Waals surface area contributed by atoms with Crippen molar-refractivity contribution in [2.45, 2.75) is 31.1 Å². The summed E-state index contributed by atoms with van der Waals surface area (Å²) >= 11 is 4.30. The number of hydrogen-bond donors (Lipinski definition) is 3. The molecule has 2 N–H and O–H groups in total. The number of thiol groups is 1. The lowest BCUT2D eigenvalue weighted by Crippen LogP contribution is -2.49. The lowest BCUT2D eigenvalue weighted by atomic mass is 10.0. The van der Waals surface area contributed by atoms with Crippen LogP contribution < -0.4 is 5.32 Å². The normalized spacial score (nSPS) is 13.4. The second kappa shape index (κ2) is 6.02. The van der Waals surface area contributed by atoms with Crippen molar-refractivity contribution in [3.8, 4) is 0 Å². The Hall–Kier alpha value is -1.07. The molecule has 0 radical (unpaired) electrons. The lowest BCUT2D eigenvalue weighted by Gasteiger charge is -2.27. The number of carbonyl (C=O) groups is 1. The molecule has 17 heavy (non-hydrogen) atoms. The average molecular weight is 254 g/mol. The van der Waals surface area contributed by atoms with Gasteiger partial charge in [0.1, 0.15) is 6.04 Å². The fraction of sp³-hybridized carbons (Fsp3) is 0.500. The van der Waals surface area contributed by atoms with E-state index >= 15 is 0 Å². The van der Waals surface area contributed by atoms with E-state index in [4.69, 9.17) is 5.11 Å². The van der Waals surface area contributed by atoms with Gasteiger partial charge in [-0.1, -0.05) is 0 Å². The van der Waals surface area contributed by atoms with E-state index in [1.54, 1.807) is 26.2 Å². The van der Waals surface area contributed by atoms with Gasteiger partial charge in [-0.2, -0.15) is 12.6 Å². The molecule has 4 nitrogen and oxygen atoms in total. The fourth-order valence-corrected chi connectivity index (χ4v) is 1.75. The van der Waals surface area contributed by atoms with Gasteiger partial charge in [-0.3, -0.25) is 9.78 Å². The van der Waals surface area contributed by atoms with E-state index in [1.165, 1.54) is 0 Å². The monoisotopic (exact) mass is 254 g/mol. The minimum atomic E-state index is -0.875. The fourth-order valence-electron chi connectivity index (χ4n) is 1.55. The number of nitrogens with one attached hydrogen (secondary N) is 1. The summed E-state index contributed by atoms with van der Waals surface area (Å²) in [4.78, 5) is 15.0. The van der Waals surface area contributed by atoms with E-state index in [0.717, 1.165) is 12.0 Å². The topological polar surface area (TPSA) is 62.2 Å². The van der Waals surface area contributed by atoms with Gasteiger partial charge in [-0.25, -0.2) is 0 Å². The molecular weight excluding hydrogens is 236 g/mol. The van der Waals surface area contributed by atoms with Crippen LogP contribution in [0.5, 0.6) is 0 Å². The Morgan fingerprint density at radius 3 is 2.59 bits per heavy atom. The predicted molar refractivity (Wildman–Crippen MR) is 70.4 cm³/mol. The summed E-state index contributed by atoms with van der Waals surface area (Å²) in [6.07, 6.45) is 4.23. The van der Waals surface area contributed by atoms with E-state index in [2.05, 4.69) is 22.9 Å². The van der Waals surface area contributed by atoms with Crippen LogP contribution in [0.25, 0.3) is 0 Å². The Balaban J connectivity index is 2.46. The quantitative estimate of drug-likeness (QED) is 0.671. The number of aromatic nitrogens is 1. The molecule has 5 heteroatoms. The van der Waals surface area contributed by atoms with Crippen LogP contribution in [0.15, 0.2) is 24.5 Å². The van der Waals surface area contributed by atoms with Gasteiger partial charge in [-0.15, -0.1) is 0 Å². The molecule has 0 bridgehead atoms. The Bertz CT molecular complexity index is 363. The zero-order valence-electron chi connectivity index (χ0n) is 10.1. The Morgan fingerprint density at radius 1 is 1.53 bits per heavy atom. The third-order valence-corrected chi connectivity index (χ3v) is 2.72. The van der Waals surface area contributed by atoms with Gasteiger partial charge in [0.05, 0.1) is 0 Å². The summed E-state index contributed by atoms with van der Waals surface area (Å²) in [5.74, 6) is -0.875. The molecular formula is C12H18N2O2S. The molecule has 1 aromatic rings. The molecule has 0 aliphatic rings. The minimum absolute atomic E-state index is 0.593. The highest BCUT2D eigenvalue weighted by Gasteiger charge is 2.31. The molecule has 0 aliphatic heterocycles. The van der Waals surface area contributed by atoms with Gasteiger partial charge in [0.25, 0.3) is 0 Å². The molecule has 0 saturated carbocycles. The first-order valence-electron chi connectivity index (χ1n) is 5.48. The molecule has 1 aromatic heterocycles.